The SMILES string of the molecule is CCN(CC)S(=O)(=O)c1ccc([C@@H](C)[NH2+]CC(=O)N2CCC(C)CC2)cc1. The predicted molar refractivity (Wildman–Crippen MR) is 107 cm³/mol. The summed E-state index contributed by atoms with van der Waals surface area (Å²) in [4.78, 5) is 14.7. The maximum absolute atomic E-state index is 12.6. The molecule has 0 aromatic heterocycles. The van der Waals surface area contributed by atoms with Gasteiger partial charge in [-0.3, -0.25) is 4.79 Å². The zero-order chi connectivity index (χ0) is 20.0. The highest BCUT2D eigenvalue weighted by molar-refractivity contribution is 7.89. The number of nitrogens with zero attached hydrogens (tertiary/aromatic N) is 2. The minimum absolute atomic E-state index is 0.0999. The third-order valence-corrected chi connectivity index (χ3v) is 7.60. The third kappa shape index (κ3) is 5.53. The van der Waals surface area contributed by atoms with Crippen molar-refractivity contribution >= 4 is 15.9 Å². The van der Waals surface area contributed by atoms with Gasteiger partial charge in [0, 0.05) is 31.7 Å². The average molecular weight is 397 g/mol. The molecule has 0 bridgehead atoms. The number of benzene rings is 1. The molecule has 1 saturated heterocycles. The Bertz CT molecular complexity index is 706. The normalized spacial score (nSPS) is 17.3. The molecular formula is C20H34N3O3S+. The summed E-state index contributed by atoms with van der Waals surface area (Å²) in [5.41, 5.74) is 1.02. The number of rotatable bonds is 8. The molecule has 0 aliphatic carbocycles. The number of carbonyl (C=O) groups excluding carboxylic acids is 1. The number of carbonyl (C=O) groups is 1. The zero-order valence-electron chi connectivity index (χ0n) is 17.0. The highest BCUT2D eigenvalue weighted by Gasteiger charge is 2.23. The van der Waals surface area contributed by atoms with Crippen LogP contribution in [-0.2, 0) is 14.8 Å². The standard InChI is InChI=1S/C20H33N3O3S/c1-5-23(6-2)27(25,26)19-9-7-18(8-10-19)17(4)21-15-20(24)22-13-11-16(3)12-14-22/h7-10,16-17,21H,5-6,11-15H2,1-4H3/p+1/t17-/m1/s1. The lowest BCUT2D eigenvalue weighted by Crippen LogP contribution is -2.87. The van der Waals surface area contributed by atoms with Crippen molar-refractivity contribution in [1.29, 1.82) is 0 Å². The molecule has 1 aromatic rings. The number of hydrogen-bond donors (Lipinski definition) is 1. The molecule has 0 unspecified atom stereocenters. The van der Waals surface area contributed by atoms with Crippen molar-refractivity contribution in [2.75, 3.05) is 32.7 Å². The van der Waals surface area contributed by atoms with E-state index in [0.29, 0.717) is 30.4 Å². The second kappa shape index (κ2) is 9.66. The average Bonchev–Trinajstić information content (AvgIpc) is 2.67. The van der Waals surface area contributed by atoms with Gasteiger partial charge < -0.3 is 10.2 Å². The molecule has 1 aromatic carbocycles. The summed E-state index contributed by atoms with van der Waals surface area (Å²) in [6.45, 7) is 11.0. The van der Waals surface area contributed by atoms with E-state index in [4.69, 9.17) is 0 Å². The molecule has 152 valence electrons. The number of likely N-dealkylation sites (tertiary alicyclic amines) is 1. The lowest BCUT2D eigenvalue weighted by Gasteiger charge is -2.30. The fourth-order valence-corrected chi connectivity index (χ4v) is 4.91. The Hall–Kier alpha value is -1.44. The van der Waals surface area contributed by atoms with Crippen LogP contribution in [0.5, 0.6) is 0 Å². The van der Waals surface area contributed by atoms with E-state index in [2.05, 4.69) is 6.92 Å². The molecule has 7 heteroatoms. The van der Waals surface area contributed by atoms with Gasteiger partial charge in [0.15, 0.2) is 6.54 Å². The van der Waals surface area contributed by atoms with E-state index >= 15 is 0 Å². The van der Waals surface area contributed by atoms with Crippen LogP contribution in [0.25, 0.3) is 0 Å². The largest absolute Gasteiger partial charge is 0.338 e. The number of quaternary nitrogens is 1. The Labute approximate surface area is 164 Å². The van der Waals surface area contributed by atoms with Gasteiger partial charge in [-0.15, -0.1) is 0 Å². The molecular weight excluding hydrogens is 362 g/mol. The minimum atomic E-state index is -3.43. The Balaban J connectivity index is 1.93. The molecule has 0 saturated carbocycles. The van der Waals surface area contributed by atoms with Crippen molar-refractivity contribution in [2.24, 2.45) is 5.92 Å². The van der Waals surface area contributed by atoms with Crippen molar-refractivity contribution in [1.82, 2.24) is 9.21 Å². The van der Waals surface area contributed by atoms with Crippen LogP contribution >= 0.6 is 0 Å². The van der Waals surface area contributed by atoms with Crippen molar-refractivity contribution < 1.29 is 18.5 Å². The Morgan fingerprint density at radius 2 is 1.74 bits per heavy atom. The summed E-state index contributed by atoms with van der Waals surface area (Å²) in [6, 6.07) is 7.14. The second-order valence-electron chi connectivity index (χ2n) is 7.45. The van der Waals surface area contributed by atoms with E-state index in [1.165, 1.54) is 4.31 Å². The number of hydrogen-bond acceptors (Lipinski definition) is 3. The van der Waals surface area contributed by atoms with Crippen molar-refractivity contribution in [3.8, 4) is 0 Å². The van der Waals surface area contributed by atoms with Crippen LogP contribution in [0, 0.1) is 5.92 Å². The van der Waals surface area contributed by atoms with E-state index in [1.54, 1.807) is 12.1 Å². The molecule has 1 heterocycles. The molecule has 0 radical (unpaired) electrons. The first-order chi connectivity index (χ1) is 12.8. The van der Waals surface area contributed by atoms with Crippen LogP contribution in [0.1, 0.15) is 52.1 Å². The predicted octanol–water partition coefficient (Wildman–Crippen LogP) is 1.60. The maximum Gasteiger partial charge on any atom is 0.277 e. The van der Waals surface area contributed by atoms with Gasteiger partial charge in [-0.05, 0) is 37.8 Å². The maximum atomic E-state index is 12.6. The Kier molecular flexibility index (Phi) is 7.82. The highest BCUT2D eigenvalue weighted by atomic mass is 32.2. The summed E-state index contributed by atoms with van der Waals surface area (Å²) in [5, 5.41) is 2.02. The number of nitrogens with two attached hydrogens (primary N) is 1. The molecule has 1 aliphatic heterocycles. The van der Waals surface area contributed by atoms with Gasteiger partial charge in [0.1, 0.15) is 6.04 Å². The van der Waals surface area contributed by atoms with Crippen LogP contribution in [0.3, 0.4) is 0 Å². The molecule has 27 heavy (non-hydrogen) atoms. The van der Waals surface area contributed by atoms with Crippen LogP contribution in [0.15, 0.2) is 29.2 Å². The van der Waals surface area contributed by atoms with Crippen LogP contribution in [0.4, 0.5) is 0 Å². The second-order valence-corrected chi connectivity index (χ2v) is 9.39. The van der Waals surface area contributed by atoms with Gasteiger partial charge in [-0.1, -0.05) is 32.9 Å². The van der Waals surface area contributed by atoms with E-state index in [0.717, 1.165) is 31.5 Å². The molecule has 1 fully saturated rings. The first-order valence-electron chi connectivity index (χ1n) is 10.0. The van der Waals surface area contributed by atoms with E-state index in [1.807, 2.05) is 43.1 Å². The fraction of sp³-hybridized carbons (Fsp3) is 0.650. The number of sulfonamides is 1. The summed E-state index contributed by atoms with van der Waals surface area (Å²) in [5.74, 6) is 0.901. The van der Waals surface area contributed by atoms with Gasteiger partial charge in [-0.25, -0.2) is 8.42 Å². The fourth-order valence-electron chi connectivity index (χ4n) is 3.46. The lowest BCUT2D eigenvalue weighted by molar-refractivity contribution is -0.683. The van der Waals surface area contributed by atoms with E-state index < -0.39 is 10.0 Å². The molecule has 6 nitrogen and oxygen atoms in total. The van der Waals surface area contributed by atoms with Crippen molar-refractivity contribution in [3.63, 3.8) is 0 Å². The van der Waals surface area contributed by atoms with Gasteiger partial charge in [0.25, 0.3) is 5.91 Å². The third-order valence-electron chi connectivity index (χ3n) is 5.53. The van der Waals surface area contributed by atoms with Crippen LogP contribution in [0.2, 0.25) is 0 Å². The van der Waals surface area contributed by atoms with E-state index in [9.17, 15) is 13.2 Å². The van der Waals surface area contributed by atoms with Crippen LogP contribution < -0.4 is 5.32 Å². The lowest BCUT2D eigenvalue weighted by atomic mass is 9.99. The highest BCUT2D eigenvalue weighted by Crippen LogP contribution is 2.18. The smallest absolute Gasteiger partial charge is 0.277 e. The van der Waals surface area contributed by atoms with Crippen LogP contribution in [-0.4, -0.2) is 56.3 Å². The zero-order valence-corrected chi connectivity index (χ0v) is 17.8. The molecule has 1 amide bonds. The Morgan fingerprint density at radius 3 is 2.26 bits per heavy atom. The summed E-state index contributed by atoms with van der Waals surface area (Å²) >= 11 is 0. The summed E-state index contributed by atoms with van der Waals surface area (Å²) < 4.78 is 26.6. The quantitative estimate of drug-likeness (QED) is 0.725. The molecule has 0 spiro atoms. The Morgan fingerprint density at radius 1 is 1.19 bits per heavy atom. The van der Waals surface area contributed by atoms with Crippen molar-refractivity contribution in [2.45, 2.75) is 51.5 Å². The topological polar surface area (TPSA) is 74.3 Å². The minimum Gasteiger partial charge on any atom is -0.338 e. The number of piperidine rings is 1. The molecule has 2 rings (SSSR count). The van der Waals surface area contributed by atoms with Gasteiger partial charge >= 0.3 is 0 Å². The molecule has 1 atom stereocenters. The van der Waals surface area contributed by atoms with Crippen molar-refractivity contribution in [3.05, 3.63) is 29.8 Å². The number of amides is 1. The van der Waals surface area contributed by atoms with Gasteiger partial charge in [0.2, 0.25) is 10.0 Å². The van der Waals surface area contributed by atoms with E-state index in [-0.39, 0.29) is 11.9 Å². The van der Waals surface area contributed by atoms with Gasteiger partial charge in [0.05, 0.1) is 4.90 Å². The van der Waals surface area contributed by atoms with Gasteiger partial charge in [-0.2, -0.15) is 4.31 Å². The molecule has 1 aliphatic rings. The molecule has 2 N–H and O–H groups in total. The first-order valence-corrected chi connectivity index (χ1v) is 11.4. The summed E-state index contributed by atoms with van der Waals surface area (Å²) in [6.07, 6.45) is 2.17. The summed E-state index contributed by atoms with van der Waals surface area (Å²) in [7, 11) is -3.43. The first kappa shape index (κ1) is 21.9. The monoisotopic (exact) mass is 396 g/mol.